The molecule has 0 aliphatic rings. The maximum absolute atomic E-state index is 12.6. The number of aromatic nitrogens is 1. The molecule has 3 rings (SSSR count). The molecule has 2 aromatic carbocycles. The molecular formula is C23H19Cl2N3O. The molecular weight excluding hydrogens is 405 g/mol. The molecule has 0 fully saturated rings. The number of para-hydroxylation sites is 1. The Morgan fingerprint density at radius 3 is 2.48 bits per heavy atom. The Kier molecular flexibility index (Phi) is 6.12. The van der Waals surface area contributed by atoms with Gasteiger partial charge in [-0.05, 0) is 68.3 Å². The van der Waals surface area contributed by atoms with Gasteiger partial charge in [0.1, 0.15) is 11.6 Å². The number of aryl methyl sites for hydroxylation is 2. The third-order valence-corrected chi connectivity index (χ3v) is 5.22. The fourth-order valence-electron chi connectivity index (χ4n) is 3.17. The highest BCUT2D eigenvalue weighted by atomic mass is 35.5. The number of carbonyl (C=O) groups is 1. The van der Waals surface area contributed by atoms with Crippen LogP contribution in [0.4, 0.5) is 5.69 Å². The zero-order valence-corrected chi connectivity index (χ0v) is 17.8. The fourth-order valence-corrected chi connectivity index (χ4v) is 3.67. The first-order valence-corrected chi connectivity index (χ1v) is 9.70. The lowest BCUT2D eigenvalue weighted by molar-refractivity contribution is -0.112. The minimum absolute atomic E-state index is 0.0238. The molecule has 1 amide bonds. The second-order valence-electron chi connectivity index (χ2n) is 6.70. The van der Waals surface area contributed by atoms with Crippen LogP contribution in [0.15, 0.2) is 54.1 Å². The predicted molar refractivity (Wildman–Crippen MR) is 119 cm³/mol. The van der Waals surface area contributed by atoms with Gasteiger partial charge in [0.15, 0.2) is 0 Å². The van der Waals surface area contributed by atoms with E-state index in [1.54, 1.807) is 24.3 Å². The second-order valence-corrected chi connectivity index (χ2v) is 7.54. The van der Waals surface area contributed by atoms with Crippen molar-refractivity contribution in [3.05, 3.63) is 86.7 Å². The summed E-state index contributed by atoms with van der Waals surface area (Å²) in [6.45, 7) is 5.75. The lowest BCUT2D eigenvalue weighted by atomic mass is 10.1. The average Bonchev–Trinajstić information content (AvgIpc) is 2.95. The zero-order chi connectivity index (χ0) is 21.1. The molecule has 0 saturated heterocycles. The SMILES string of the molecule is Cc1ccccc1NC(=O)/C(C#N)=C\c1cc(C)n(-c2ccc(Cl)cc2Cl)c1C. The third-order valence-electron chi connectivity index (χ3n) is 4.68. The van der Waals surface area contributed by atoms with E-state index < -0.39 is 5.91 Å². The van der Waals surface area contributed by atoms with Crippen LogP contribution < -0.4 is 5.32 Å². The van der Waals surface area contributed by atoms with Crippen molar-refractivity contribution in [3.8, 4) is 11.8 Å². The van der Waals surface area contributed by atoms with Crippen LogP contribution in [0.2, 0.25) is 10.0 Å². The van der Waals surface area contributed by atoms with Crippen LogP contribution in [0.3, 0.4) is 0 Å². The van der Waals surface area contributed by atoms with Crippen molar-refractivity contribution in [1.29, 1.82) is 5.26 Å². The van der Waals surface area contributed by atoms with E-state index in [1.807, 2.05) is 61.7 Å². The molecule has 1 aromatic heterocycles. The molecule has 0 unspecified atom stereocenters. The van der Waals surface area contributed by atoms with Crippen molar-refractivity contribution in [1.82, 2.24) is 4.57 Å². The highest BCUT2D eigenvalue weighted by Crippen LogP contribution is 2.29. The standard InChI is InChI=1S/C23H19Cl2N3O/c1-14-6-4-5-7-21(14)27-23(29)18(13-26)11-17-10-15(2)28(16(17)3)22-9-8-19(24)12-20(22)25/h4-12H,1-3H3,(H,27,29)/b18-11-. The van der Waals surface area contributed by atoms with Crippen molar-refractivity contribution >= 4 is 40.9 Å². The smallest absolute Gasteiger partial charge is 0.266 e. The summed E-state index contributed by atoms with van der Waals surface area (Å²) < 4.78 is 1.97. The normalized spacial score (nSPS) is 11.2. The fraction of sp³-hybridized carbons (Fsp3) is 0.130. The minimum atomic E-state index is -0.448. The number of halogens is 2. The molecule has 6 heteroatoms. The summed E-state index contributed by atoms with van der Waals surface area (Å²) in [5, 5.41) is 13.4. The van der Waals surface area contributed by atoms with Gasteiger partial charge in [0, 0.05) is 22.1 Å². The van der Waals surface area contributed by atoms with Crippen molar-refractivity contribution in [2.24, 2.45) is 0 Å². The van der Waals surface area contributed by atoms with Gasteiger partial charge in [-0.25, -0.2) is 0 Å². The number of rotatable bonds is 4. The van der Waals surface area contributed by atoms with E-state index in [2.05, 4.69) is 5.32 Å². The van der Waals surface area contributed by atoms with Crippen molar-refractivity contribution in [2.75, 3.05) is 5.32 Å². The van der Waals surface area contributed by atoms with Crippen LogP contribution in [-0.2, 0) is 4.79 Å². The molecule has 4 nitrogen and oxygen atoms in total. The third kappa shape index (κ3) is 4.37. The van der Waals surface area contributed by atoms with Gasteiger partial charge < -0.3 is 9.88 Å². The number of nitrogens with one attached hydrogen (secondary N) is 1. The van der Waals surface area contributed by atoms with E-state index in [9.17, 15) is 10.1 Å². The monoisotopic (exact) mass is 423 g/mol. The van der Waals surface area contributed by atoms with E-state index in [-0.39, 0.29) is 5.57 Å². The summed E-state index contributed by atoms with van der Waals surface area (Å²) in [6.07, 6.45) is 1.59. The Labute approximate surface area is 180 Å². The summed E-state index contributed by atoms with van der Waals surface area (Å²) in [4.78, 5) is 12.6. The van der Waals surface area contributed by atoms with E-state index in [0.717, 1.165) is 28.2 Å². The highest BCUT2D eigenvalue weighted by molar-refractivity contribution is 6.35. The molecule has 1 heterocycles. The van der Waals surface area contributed by atoms with Crippen molar-refractivity contribution < 1.29 is 4.79 Å². The van der Waals surface area contributed by atoms with Crippen molar-refractivity contribution in [3.63, 3.8) is 0 Å². The number of benzene rings is 2. The number of amides is 1. The largest absolute Gasteiger partial charge is 0.321 e. The first kappa shape index (κ1) is 20.7. The van der Waals surface area contributed by atoms with Gasteiger partial charge in [0.25, 0.3) is 5.91 Å². The molecule has 29 heavy (non-hydrogen) atoms. The Morgan fingerprint density at radius 2 is 1.83 bits per heavy atom. The van der Waals surface area contributed by atoms with Gasteiger partial charge >= 0.3 is 0 Å². The number of nitriles is 1. The Morgan fingerprint density at radius 1 is 1.10 bits per heavy atom. The topological polar surface area (TPSA) is 57.8 Å². The Hall–Kier alpha value is -3.00. The summed E-state index contributed by atoms with van der Waals surface area (Å²) in [6, 6.07) is 16.6. The Bertz CT molecular complexity index is 1170. The molecule has 0 spiro atoms. The molecule has 146 valence electrons. The molecule has 0 aliphatic carbocycles. The van der Waals surface area contributed by atoms with Crippen LogP contribution >= 0.6 is 23.2 Å². The summed E-state index contributed by atoms with van der Waals surface area (Å²) in [5.74, 6) is -0.448. The van der Waals surface area contributed by atoms with Gasteiger partial charge in [0.05, 0.1) is 10.7 Å². The van der Waals surface area contributed by atoms with Crippen molar-refractivity contribution in [2.45, 2.75) is 20.8 Å². The van der Waals surface area contributed by atoms with Crippen LogP contribution in [-0.4, -0.2) is 10.5 Å². The van der Waals surface area contributed by atoms with E-state index in [4.69, 9.17) is 23.2 Å². The summed E-state index contributed by atoms with van der Waals surface area (Å²) >= 11 is 12.4. The molecule has 0 atom stereocenters. The van der Waals surface area contributed by atoms with Crippen LogP contribution in [0.1, 0.15) is 22.5 Å². The van der Waals surface area contributed by atoms with Crippen LogP contribution in [0, 0.1) is 32.1 Å². The van der Waals surface area contributed by atoms with Gasteiger partial charge in [0.2, 0.25) is 0 Å². The first-order valence-electron chi connectivity index (χ1n) is 8.95. The van der Waals surface area contributed by atoms with Gasteiger partial charge in [-0.1, -0.05) is 41.4 Å². The molecule has 0 saturated carbocycles. The summed E-state index contributed by atoms with van der Waals surface area (Å²) in [7, 11) is 0. The van der Waals surface area contributed by atoms with E-state index in [1.165, 1.54) is 0 Å². The number of hydrogen-bond donors (Lipinski definition) is 1. The zero-order valence-electron chi connectivity index (χ0n) is 16.3. The quantitative estimate of drug-likeness (QED) is 0.397. The number of anilines is 1. The average molecular weight is 424 g/mol. The molecule has 3 aromatic rings. The van der Waals surface area contributed by atoms with E-state index in [0.29, 0.717) is 15.7 Å². The predicted octanol–water partition coefficient (Wildman–Crippen LogP) is 6.26. The van der Waals surface area contributed by atoms with Gasteiger partial charge in [-0.2, -0.15) is 5.26 Å². The summed E-state index contributed by atoms with van der Waals surface area (Å²) in [5.41, 5.74) is 4.97. The highest BCUT2D eigenvalue weighted by Gasteiger charge is 2.16. The maximum atomic E-state index is 12.6. The number of carbonyl (C=O) groups excluding carboxylic acids is 1. The van der Waals surface area contributed by atoms with Gasteiger partial charge in [-0.15, -0.1) is 0 Å². The van der Waals surface area contributed by atoms with Crippen LogP contribution in [0.25, 0.3) is 11.8 Å². The van der Waals surface area contributed by atoms with Gasteiger partial charge in [-0.3, -0.25) is 4.79 Å². The lowest BCUT2D eigenvalue weighted by Crippen LogP contribution is -2.14. The number of hydrogen-bond acceptors (Lipinski definition) is 2. The first-order chi connectivity index (χ1) is 13.8. The molecule has 1 N–H and O–H groups in total. The second kappa shape index (κ2) is 8.57. The maximum Gasteiger partial charge on any atom is 0.266 e. The van der Waals surface area contributed by atoms with Crippen LogP contribution in [0.5, 0.6) is 0 Å². The lowest BCUT2D eigenvalue weighted by Gasteiger charge is -2.12. The minimum Gasteiger partial charge on any atom is -0.321 e. The molecule has 0 bridgehead atoms. The van der Waals surface area contributed by atoms with E-state index >= 15 is 0 Å². The number of nitrogens with zero attached hydrogens (tertiary/aromatic N) is 2. The molecule has 0 radical (unpaired) electrons. The molecule has 0 aliphatic heterocycles. The Balaban J connectivity index is 1.98.